The van der Waals surface area contributed by atoms with Gasteiger partial charge in [0.25, 0.3) is 5.91 Å². The Balaban J connectivity index is 1.87. The summed E-state index contributed by atoms with van der Waals surface area (Å²) in [7, 11) is 0. The molecular weight excluding hydrogens is 274 g/mol. The second kappa shape index (κ2) is 7.12. The predicted molar refractivity (Wildman–Crippen MR) is 89.1 cm³/mol. The second-order valence-corrected chi connectivity index (χ2v) is 5.73. The molecule has 0 aliphatic heterocycles. The van der Waals surface area contributed by atoms with Crippen molar-refractivity contribution in [1.29, 1.82) is 0 Å². The molecule has 0 aliphatic rings. The van der Waals surface area contributed by atoms with E-state index in [-0.39, 0.29) is 18.6 Å². The molecule has 116 valence electrons. The number of carbonyl (C=O) groups excluding carboxylic acids is 1. The first-order valence-corrected chi connectivity index (χ1v) is 7.51. The fourth-order valence-corrected chi connectivity index (χ4v) is 2.17. The molecule has 0 aromatic heterocycles. The highest BCUT2D eigenvalue weighted by molar-refractivity contribution is 5.78. The summed E-state index contributed by atoms with van der Waals surface area (Å²) in [6, 6.07) is 14.0. The number of aryl methyl sites for hydroxylation is 3. The van der Waals surface area contributed by atoms with Crippen LogP contribution in [-0.4, -0.2) is 12.5 Å². The summed E-state index contributed by atoms with van der Waals surface area (Å²) < 4.78 is 5.55. The third-order valence-electron chi connectivity index (χ3n) is 3.80. The number of carbonyl (C=O) groups is 1. The minimum absolute atomic E-state index is 0.0265. The van der Waals surface area contributed by atoms with Gasteiger partial charge in [-0.05, 0) is 56.5 Å². The van der Waals surface area contributed by atoms with Crippen LogP contribution in [-0.2, 0) is 4.79 Å². The van der Waals surface area contributed by atoms with Crippen molar-refractivity contribution in [2.24, 2.45) is 0 Å². The van der Waals surface area contributed by atoms with E-state index in [2.05, 4.69) is 12.2 Å². The fraction of sp³-hybridized carbons (Fsp3) is 0.316. The van der Waals surface area contributed by atoms with Gasteiger partial charge in [-0.1, -0.05) is 35.9 Å². The maximum Gasteiger partial charge on any atom is 0.258 e. The van der Waals surface area contributed by atoms with Crippen molar-refractivity contribution in [2.45, 2.75) is 33.7 Å². The number of ether oxygens (including phenoxy) is 1. The topological polar surface area (TPSA) is 38.3 Å². The molecule has 2 aromatic carbocycles. The Morgan fingerprint density at radius 1 is 1.05 bits per heavy atom. The summed E-state index contributed by atoms with van der Waals surface area (Å²) in [4.78, 5) is 12.0. The number of hydrogen-bond donors (Lipinski definition) is 1. The van der Waals surface area contributed by atoms with Crippen LogP contribution in [0.5, 0.6) is 5.75 Å². The monoisotopic (exact) mass is 297 g/mol. The Hall–Kier alpha value is -2.29. The van der Waals surface area contributed by atoms with Crippen LogP contribution in [0.15, 0.2) is 42.5 Å². The average molecular weight is 297 g/mol. The van der Waals surface area contributed by atoms with Crippen molar-refractivity contribution in [1.82, 2.24) is 5.32 Å². The molecule has 22 heavy (non-hydrogen) atoms. The number of nitrogens with one attached hydrogen (secondary N) is 1. The van der Waals surface area contributed by atoms with Crippen molar-refractivity contribution >= 4 is 5.91 Å². The van der Waals surface area contributed by atoms with Crippen LogP contribution in [0.4, 0.5) is 0 Å². The Kier molecular flexibility index (Phi) is 5.21. The molecule has 0 heterocycles. The van der Waals surface area contributed by atoms with Crippen LogP contribution in [0.25, 0.3) is 0 Å². The maximum absolute atomic E-state index is 12.0. The van der Waals surface area contributed by atoms with Crippen LogP contribution < -0.4 is 10.1 Å². The zero-order chi connectivity index (χ0) is 16.1. The highest BCUT2D eigenvalue weighted by Crippen LogP contribution is 2.16. The zero-order valence-corrected chi connectivity index (χ0v) is 13.6. The highest BCUT2D eigenvalue weighted by Gasteiger charge is 2.10. The molecule has 0 saturated heterocycles. The Morgan fingerprint density at radius 2 is 1.73 bits per heavy atom. The lowest BCUT2D eigenvalue weighted by molar-refractivity contribution is -0.123. The summed E-state index contributed by atoms with van der Waals surface area (Å²) in [5.74, 6) is 0.604. The molecule has 2 aromatic rings. The molecule has 0 aliphatic carbocycles. The predicted octanol–water partition coefficient (Wildman–Crippen LogP) is 3.87. The molecule has 3 heteroatoms. The number of rotatable bonds is 5. The Morgan fingerprint density at radius 3 is 2.36 bits per heavy atom. The first-order valence-electron chi connectivity index (χ1n) is 7.51. The van der Waals surface area contributed by atoms with Crippen molar-refractivity contribution < 1.29 is 9.53 Å². The van der Waals surface area contributed by atoms with Gasteiger partial charge in [0.2, 0.25) is 0 Å². The van der Waals surface area contributed by atoms with Gasteiger partial charge in [-0.2, -0.15) is 0 Å². The molecule has 0 bridgehead atoms. The summed E-state index contributed by atoms with van der Waals surface area (Å²) in [5, 5.41) is 2.95. The van der Waals surface area contributed by atoms with Gasteiger partial charge >= 0.3 is 0 Å². The number of hydrogen-bond acceptors (Lipinski definition) is 2. The molecule has 0 radical (unpaired) electrons. The van der Waals surface area contributed by atoms with Gasteiger partial charge in [0.1, 0.15) is 5.75 Å². The molecule has 1 atom stereocenters. The van der Waals surface area contributed by atoms with E-state index in [1.165, 1.54) is 11.1 Å². The molecule has 0 unspecified atom stereocenters. The molecule has 0 spiro atoms. The van der Waals surface area contributed by atoms with E-state index < -0.39 is 0 Å². The highest BCUT2D eigenvalue weighted by atomic mass is 16.5. The van der Waals surface area contributed by atoms with E-state index in [1.54, 1.807) is 0 Å². The minimum atomic E-state index is -0.119. The zero-order valence-electron chi connectivity index (χ0n) is 13.6. The normalized spacial score (nSPS) is 11.8. The van der Waals surface area contributed by atoms with E-state index in [0.717, 1.165) is 16.9 Å². The molecule has 1 amide bonds. The third kappa shape index (κ3) is 4.35. The smallest absolute Gasteiger partial charge is 0.258 e. The van der Waals surface area contributed by atoms with E-state index in [9.17, 15) is 4.79 Å². The molecule has 2 rings (SSSR count). The van der Waals surface area contributed by atoms with Gasteiger partial charge in [-0.15, -0.1) is 0 Å². The summed E-state index contributed by atoms with van der Waals surface area (Å²) in [5.41, 5.74) is 4.67. The van der Waals surface area contributed by atoms with Crippen LogP contribution in [0.3, 0.4) is 0 Å². The van der Waals surface area contributed by atoms with Gasteiger partial charge in [-0.25, -0.2) is 0 Å². The van der Waals surface area contributed by atoms with Crippen molar-refractivity contribution in [3.05, 3.63) is 64.7 Å². The van der Waals surface area contributed by atoms with E-state index in [1.807, 2.05) is 63.2 Å². The molecule has 0 saturated carbocycles. The lowest BCUT2D eigenvalue weighted by atomic mass is 10.1. The van der Waals surface area contributed by atoms with Crippen LogP contribution in [0.1, 0.15) is 35.2 Å². The third-order valence-corrected chi connectivity index (χ3v) is 3.80. The van der Waals surface area contributed by atoms with E-state index >= 15 is 0 Å². The lowest BCUT2D eigenvalue weighted by Gasteiger charge is -2.15. The average Bonchev–Trinajstić information content (AvgIpc) is 2.49. The summed E-state index contributed by atoms with van der Waals surface area (Å²) in [6.45, 7) is 8.12. The first-order chi connectivity index (χ1) is 10.5. The van der Waals surface area contributed by atoms with E-state index in [4.69, 9.17) is 4.74 Å². The second-order valence-electron chi connectivity index (χ2n) is 5.73. The van der Waals surface area contributed by atoms with Crippen molar-refractivity contribution in [3.8, 4) is 5.75 Å². The quantitative estimate of drug-likeness (QED) is 0.910. The van der Waals surface area contributed by atoms with Gasteiger partial charge in [0.05, 0.1) is 6.04 Å². The maximum atomic E-state index is 12.0. The molecule has 1 N–H and O–H groups in total. The standard InChI is InChI=1S/C19H23NO2/c1-13-5-8-17(9-6-13)16(4)20-19(21)12-22-18-10-7-14(2)15(3)11-18/h5-11,16H,12H2,1-4H3,(H,20,21)/t16-/m1/s1. The van der Waals surface area contributed by atoms with Crippen LogP contribution in [0, 0.1) is 20.8 Å². The molecular formula is C19H23NO2. The first kappa shape index (κ1) is 16.1. The van der Waals surface area contributed by atoms with Crippen molar-refractivity contribution in [3.63, 3.8) is 0 Å². The number of benzene rings is 2. The Labute approximate surface area is 132 Å². The minimum Gasteiger partial charge on any atom is -0.484 e. The van der Waals surface area contributed by atoms with Crippen LogP contribution >= 0.6 is 0 Å². The SMILES string of the molecule is Cc1ccc([C@@H](C)NC(=O)COc2ccc(C)c(C)c2)cc1. The van der Waals surface area contributed by atoms with E-state index in [0.29, 0.717) is 0 Å². The molecule has 3 nitrogen and oxygen atoms in total. The summed E-state index contributed by atoms with van der Waals surface area (Å²) >= 11 is 0. The number of amides is 1. The van der Waals surface area contributed by atoms with Gasteiger partial charge < -0.3 is 10.1 Å². The van der Waals surface area contributed by atoms with Gasteiger partial charge in [0.15, 0.2) is 6.61 Å². The lowest BCUT2D eigenvalue weighted by Crippen LogP contribution is -2.31. The largest absolute Gasteiger partial charge is 0.484 e. The van der Waals surface area contributed by atoms with Gasteiger partial charge in [0, 0.05) is 0 Å². The fourth-order valence-electron chi connectivity index (χ4n) is 2.17. The van der Waals surface area contributed by atoms with Crippen LogP contribution in [0.2, 0.25) is 0 Å². The summed E-state index contributed by atoms with van der Waals surface area (Å²) in [6.07, 6.45) is 0. The van der Waals surface area contributed by atoms with Gasteiger partial charge in [-0.3, -0.25) is 4.79 Å². The Bertz CT molecular complexity index is 647. The van der Waals surface area contributed by atoms with Crippen molar-refractivity contribution in [2.75, 3.05) is 6.61 Å². The molecule has 0 fully saturated rings.